The highest BCUT2D eigenvalue weighted by molar-refractivity contribution is 9.09. The lowest BCUT2D eigenvalue weighted by atomic mass is 9.63. The number of hydrogen-bond acceptors (Lipinski definition) is 3. The van der Waals surface area contributed by atoms with Crippen molar-refractivity contribution in [3.8, 4) is 0 Å². The molecule has 25 heavy (non-hydrogen) atoms. The molecule has 4 aliphatic rings. The summed E-state index contributed by atoms with van der Waals surface area (Å²) in [7, 11) is 1.81. The second-order valence-electron chi connectivity index (χ2n) is 8.66. The van der Waals surface area contributed by atoms with Gasteiger partial charge in [-0.15, -0.1) is 0 Å². The van der Waals surface area contributed by atoms with Crippen molar-refractivity contribution in [3.05, 3.63) is 35.9 Å². The van der Waals surface area contributed by atoms with Crippen LogP contribution in [0.15, 0.2) is 30.3 Å². The van der Waals surface area contributed by atoms with Crippen molar-refractivity contribution in [3.63, 3.8) is 0 Å². The zero-order valence-corrected chi connectivity index (χ0v) is 16.5. The summed E-state index contributed by atoms with van der Waals surface area (Å²) in [5, 5.41) is 0. The molecule has 4 fully saturated rings. The van der Waals surface area contributed by atoms with E-state index in [-0.39, 0.29) is 17.8 Å². The molecule has 0 amide bonds. The van der Waals surface area contributed by atoms with Gasteiger partial charge in [-0.05, 0) is 48.0 Å². The monoisotopic (exact) mass is 406 g/mol. The summed E-state index contributed by atoms with van der Waals surface area (Å²) in [6, 6.07) is 10.9. The predicted molar refractivity (Wildman–Crippen MR) is 99.7 cm³/mol. The number of fused-ring (bicyclic) bond motifs is 2. The summed E-state index contributed by atoms with van der Waals surface area (Å²) in [5.41, 5.74) is 1.35. The minimum atomic E-state index is -0.168. The minimum Gasteiger partial charge on any atom is -0.376 e. The molecule has 4 heteroatoms. The maximum atomic E-state index is 6.49. The smallest absolute Gasteiger partial charge is 0.163 e. The van der Waals surface area contributed by atoms with Crippen molar-refractivity contribution >= 4 is 15.9 Å². The van der Waals surface area contributed by atoms with Crippen LogP contribution < -0.4 is 0 Å². The van der Waals surface area contributed by atoms with E-state index in [9.17, 15) is 0 Å². The van der Waals surface area contributed by atoms with Crippen LogP contribution in [0.4, 0.5) is 0 Å². The maximum Gasteiger partial charge on any atom is 0.163 e. The van der Waals surface area contributed by atoms with Gasteiger partial charge >= 0.3 is 0 Å². The third-order valence-electron chi connectivity index (χ3n) is 7.46. The molecule has 0 spiro atoms. The van der Waals surface area contributed by atoms with E-state index < -0.39 is 0 Å². The number of hydrogen-bond donors (Lipinski definition) is 0. The quantitative estimate of drug-likeness (QED) is 0.688. The van der Waals surface area contributed by atoms with E-state index in [1.165, 1.54) is 18.4 Å². The molecule has 1 aromatic rings. The largest absolute Gasteiger partial charge is 0.376 e. The summed E-state index contributed by atoms with van der Waals surface area (Å²) >= 11 is 4.02. The van der Waals surface area contributed by atoms with Crippen LogP contribution in [0.1, 0.15) is 31.2 Å². The van der Waals surface area contributed by atoms with Gasteiger partial charge in [0.05, 0.1) is 19.3 Å². The summed E-state index contributed by atoms with van der Waals surface area (Å²) < 4.78 is 18.9. The van der Waals surface area contributed by atoms with Gasteiger partial charge in [-0.3, -0.25) is 0 Å². The van der Waals surface area contributed by atoms with Crippen LogP contribution >= 0.6 is 15.9 Å². The van der Waals surface area contributed by atoms with E-state index in [2.05, 4.69) is 53.2 Å². The molecule has 136 valence electrons. The number of methoxy groups -OCH3 is 1. The molecule has 1 heterocycles. The summed E-state index contributed by atoms with van der Waals surface area (Å²) in [6.45, 7) is 4.09. The summed E-state index contributed by atoms with van der Waals surface area (Å²) in [6.07, 6.45) is 2.53. The second-order valence-corrected chi connectivity index (χ2v) is 9.72. The Morgan fingerprint density at radius 2 is 1.80 bits per heavy atom. The number of ether oxygens (including phenoxy) is 3. The van der Waals surface area contributed by atoms with Gasteiger partial charge in [0.25, 0.3) is 0 Å². The highest BCUT2D eigenvalue weighted by Gasteiger charge is 2.67. The van der Waals surface area contributed by atoms with Crippen LogP contribution in [0, 0.1) is 29.1 Å². The van der Waals surface area contributed by atoms with Gasteiger partial charge in [0.1, 0.15) is 0 Å². The molecule has 0 N–H and O–H groups in total. The molecule has 3 saturated carbocycles. The van der Waals surface area contributed by atoms with Gasteiger partial charge in [-0.1, -0.05) is 53.2 Å². The van der Waals surface area contributed by atoms with Gasteiger partial charge < -0.3 is 14.2 Å². The average Bonchev–Trinajstić information content (AvgIpc) is 3.20. The van der Waals surface area contributed by atoms with Gasteiger partial charge in [-0.2, -0.15) is 0 Å². The average molecular weight is 407 g/mol. The number of alkyl halides is 1. The molecule has 5 rings (SSSR count). The third kappa shape index (κ3) is 2.40. The Morgan fingerprint density at radius 1 is 1.08 bits per heavy atom. The molecule has 1 aliphatic heterocycles. The fourth-order valence-electron chi connectivity index (χ4n) is 6.10. The molecule has 0 radical (unpaired) electrons. The molecule has 2 bridgehead atoms. The van der Waals surface area contributed by atoms with Crippen molar-refractivity contribution in [1.29, 1.82) is 0 Å². The van der Waals surface area contributed by atoms with Crippen molar-refractivity contribution < 1.29 is 14.2 Å². The summed E-state index contributed by atoms with van der Waals surface area (Å²) in [5.74, 6) is 2.80. The first-order valence-electron chi connectivity index (χ1n) is 9.59. The van der Waals surface area contributed by atoms with Crippen LogP contribution in [0.2, 0.25) is 0 Å². The summed E-state index contributed by atoms with van der Waals surface area (Å²) in [4.78, 5) is 0.421. The van der Waals surface area contributed by atoms with Crippen molar-refractivity contribution in [2.45, 2.75) is 42.9 Å². The number of halogens is 1. The van der Waals surface area contributed by atoms with Crippen LogP contribution in [0.25, 0.3) is 0 Å². The fraction of sp³-hybridized carbons (Fsp3) is 0.714. The van der Waals surface area contributed by atoms with E-state index >= 15 is 0 Å². The molecular formula is C21H27BrO3. The molecule has 1 aromatic carbocycles. The first kappa shape index (κ1) is 16.7. The standard InChI is InChI=1S/C21H27BrO3/c1-21-16-9-15(17(21)12-6-4-3-5-7-12)18(22)19(16)24-10-13-8-14(13)11-25-20(21)23-2/h3-7,13-20H,8-11H2,1-2H3/t13-,14+,15-,16-,17-,18-,19-,20-,21+/m1/s1. The van der Waals surface area contributed by atoms with Gasteiger partial charge in [0.2, 0.25) is 0 Å². The molecular weight excluding hydrogens is 380 g/mol. The Balaban J connectivity index is 1.57. The Morgan fingerprint density at radius 3 is 2.52 bits per heavy atom. The zero-order chi connectivity index (χ0) is 17.2. The van der Waals surface area contributed by atoms with Gasteiger partial charge in [0.15, 0.2) is 6.29 Å². The SMILES string of the molecule is CO[C@@H]1OC[C@@H]2C[C@@H]2CO[C@H]2[C@H](Br)[C@@H]3C[C@H]2[C@@]1(C)[C@@H]3c1ccccc1. The molecule has 3 aliphatic carbocycles. The lowest BCUT2D eigenvalue weighted by Crippen LogP contribution is -2.53. The highest BCUT2D eigenvalue weighted by Crippen LogP contribution is 2.67. The molecule has 1 saturated heterocycles. The van der Waals surface area contributed by atoms with Crippen LogP contribution in [0.5, 0.6) is 0 Å². The van der Waals surface area contributed by atoms with E-state index in [1.807, 2.05) is 7.11 Å². The molecule has 0 aromatic heterocycles. The van der Waals surface area contributed by atoms with Crippen molar-refractivity contribution in [2.24, 2.45) is 29.1 Å². The van der Waals surface area contributed by atoms with Crippen LogP contribution in [-0.4, -0.2) is 37.5 Å². The number of benzene rings is 1. The predicted octanol–water partition coefficient (Wildman–Crippen LogP) is 4.21. The highest BCUT2D eigenvalue weighted by atomic mass is 79.9. The van der Waals surface area contributed by atoms with Gasteiger partial charge in [0, 0.05) is 17.4 Å². The minimum absolute atomic E-state index is 0.0581. The molecule has 9 atom stereocenters. The van der Waals surface area contributed by atoms with E-state index in [1.54, 1.807) is 0 Å². The normalized spacial score (nSPS) is 51.2. The Kier molecular flexibility index (Phi) is 4.05. The second kappa shape index (κ2) is 6.05. The lowest BCUT2D eigenvalue weighted by molar-refractivity contribution is -0.227. The topological polar surface area (TPSA) is 27.7 Å². The first-order valence-corrected chi connectivity index (χ1v) is 10.5. The van der Waals surface area contributed by atoms with Crippen LogP contribution in [0.3, 0.4) is 0 Å². The lowest BCUT2D eigenvalue weighted by Gasteiger charge is -2.50. The van der Waals surface area contributed by atoms with Gasteiger partial charge in [-0.25, -0.2) is 0 Å². The first-order chi connectivity index (χ1) is 12.1. The fourth-order valence-corrected chi connectivity index (χ4v) is 7.15. The Bertz CT molecular complexity index is 637. The van der Waals surface area contributed by atoms with Crippen molar-refractivity contribution in [1.82, 2.24) is 0 Å². The Hall–Kier alpha value is -0.420. The molecule has 3 nitrogen and oxygen atoms in total. The molecule has 0 unspecified atom stereocenters. The maximum absolute atomic E-state index is 6.49. The Labute approximate surface area is 158 Å². The third-order valence-corrected chi connectivity index (χ3v) is 8.66. The van der Waals surface area contributed by atoms with E-state index in [4.69, 9.17) is 14.2 Å². The van der Waals surface area contributed by atoms with E-state index in [0.717, 1.165) is 13.2 Å². The zero-order valence-electron chi connectivity index (χ0n) is 14.9. The number of rotatable bonds is 2. The van der Waals surface area contributed by atoms with Crippen molar-refractivity contribution in [2.75, 3.05) is 20.3 Å². The van der Waals surface area contributed by atoms with Crippen LogP contribution in [-0.2, 0) is 14.2 Å². The van der Waals surface area contributed by atoms with E-state index in [0.29, 0.717) is 34.4 Å².